The van der Waals surface area contributed by atoms with Crippen molar-refractivity contribution in [2.75, 3.05) is 25.0 Å². The molecule has 1 aliphatic rings. The molecule has 0 bridgehead atoms. The molecule has 0 aliphatic carbocycles. The third-order valence-corrected chi connectivity index (χ3v) is 4.61. The van der Waals surface area contributed by atoms with E-state index in [0.29, 0.717) is 35.9 Å². The van der Waals surface area contributed by atoms with Crippen LogP contribution in [0.3, 0.4) is 0 Å². The van der Waals surface area contributed by atoms with Gasteiger partial charge in [-0.1, -0.05) is 18.5 Å². The fraction of sp³-hybridized carbons (Fsp3) is 0.556. The van der Waals surface area contributed by atoms with Crippen LogP contribution in [0.15, 0.2) is 18.2 Å². The number of urea groups is 1. The highest BCUT2D eigenvalue weighted by Crippen LogP contribution is 2.31. The van der Waals surface area contributed by atoms with Crippen LogP contribution in [0, 0.1) is 5.41 Å². The smallest absolute Gasteiger partial charge is 0.319 e. The highest BCUT2D eigenvalue weighted by Gasteiger charge is 2.35. The van der Waals surface area contributed by atoms with Gasteiger partial charge in [0, 0.05) is 24.3 Å². The molecule has 0 aromatic heterocycles. The summed E-state index contributed by atoms with van der Waals surface area (Å²) in [6, 6.07) is 4.59. The summed E-state index contributed by atoms with van der Waals surface area (Å²) >= 11 is 6.22. The second-order valence-corrected chi connectivity index (χ2v) is 8.42. The number of rotatable bonds is 3. The maximum atomic E-state index is 12.8. The molecule has 2 rings (SSSR count). The molecule has 1 unspecified atom stereocenters. The number of likely N-dealkylation sites (tertiary alicyclic amines) is 1. The Kier molecular flexibility index (Phi) is 5.64. The minimum atomic E-state index is -0.350. The van der Waals surface area contributed by atoms with Crippen molar-refractivity contribution in [2.24, 2.45) is 11.1 Å². The van der Waals surface area contributed by atoms with Crippen molar-refractivity contribution < 1.29 is 9.59 Å². The van der Waals surface area contributed by atoms with Gasteiger partial charge in [0.15, 0.2) is 0 Å². The fourth-order valence-corrected chi connectivity index (χ4v) is 3.00. The van der Waals surface area contributed by atoms with Crippen LogP contribution >= 0.6 is 11.6 Å². The Bertz CT molecular complexity index is 672. The van der Waals surface area contributed by atoms with E-state index >= 15 is 0 Å². The number of amides is 3. The van der Waals surface area contributed by atoms with Crippen molar-refractivity contribution in [3.63, 3.8) is 0 Å². The second-order valence-electron chi connectivity index (χ2n) is 8.02. The molecule has 1 fully saturated rings. The third-order valence-electron chi connectivity index (χ3n) is 4.28. The number of nitrogens with zero attached hydrogens (tertiary/aromatic N) is 1. The van der Waals surface area contributed by atoms with Crippen LogP contribution in [0.25, 0.3) is 0 Å². The van der Waals surface area contributed by atoms with Gasteiger partial charge in [0.2, 0.25) is 0 Å². The number of benzene rings is 1. The number of nitrogens with one attached hydrogen (secondary N) is 2. The minimum absolute atomic E-state index is 0.0510. The first-order valence-corrected chi connectivity index (χ1v) is 8.79. The molecule has 0 spiro atoms. The first-order chi connectivity index (χ1) is 11.5. The van der Waals surface area contributed by atoms with E-state index in [9.17, 15) is 9.59 Å². The Morgan fingerprint density at radius 3 is 2.60 bits per heavy atom. The fourth-order valence-electron chi connectivity index (χ4n) is 2.80. The predicted molar refractivity (Wildman–Crippen MR) is 101 cm³/mol. The lowest BCUT2D eigenvalue weighted by molar-refractivity contribution is 0.0777. The quantitative estimate of drug-likeness (QED) is 0.768. The van der Waals surface area contributed by atoms with Gasteiger partial charge in [0.25, 0.3) is 5.91 Å². The maximum absolute atomic E-state index is 12.8. The van der Waals surface area contributed by atoms with Gasteiger partial charge in [-0.25, -0.2) is 4.79 Å². The molecule has 1 heterocycles. The number of hydrogen-bond acceptors (Lipinski definition) is 3. The summed E-state index contributed by atoms with van der Waals surface area (Å²) in [5.74, 6) is -0.137. The van der Waals surface area contributed by atoms with E-state index in [1.54, 1.807) is 23.1 Å². The predicted octanol–water partition coefficient (Wildman–Crippen LogP) is 3.07. The molecule has 138 valence electrons. The minimum Gasteiger partial charge on any atom is -0.338 e. The van der Waals surface area contributed by atoms with Gasteiger partial charge in [0.1, 0.15) is 0 Å². The first-order valence-electron chi connectivity index (χ1n) is 8.41. The number of carbonyl (C=O) groups is 2. The van der Waals surface area contributed by atoms with Gasteiger partial charge in [0.05, 0.1) is 10.6 Å². The average molecular weight is 367 g/mol. The molecular formula is C18H27ClN4O2. The number of halogens is 1. The summed E-state index contributed by atoms with van der Waals surface area (Å²) in [4.78, 5) is 26.6. The normalized spacial score (nSPS) is 20.5. The zero-order chi connectivity index (χ0) is 18.8. The second kappa shape index (κ2) is 7.22. The number of anilines is 1. The third kappa shape index (κ3) is 5.09. The van der Waals surface area contributed by atoms with E-state index < -0.39 is 0 Å². The highest BCUT2D eigenvalue weighted by atomic mass is 35.5. The van der Waals surface area contributed by atoms with Gasteiger partial charge >= 0.3 is 6.03 Å². The lowest BCUT2D eigenvalue weighted by atomic mass is 9.90. The molecule has 0 radical (unpaired) electrons. The van der Waals surface area contributed by atoms with Crippen molar-refractivity contribution in [3.05, 3.63) is 28.8 Å². The summed E-state index contributed by atoms with van der Waals surface area (Å²) in [6.45, 7) is 9.57. The Labute approximate surface area is 154 Å². The van der Waals surface area contributed by atoms with Crippen molar-refractivity contribution in [1.29, 1.82) is 0 Å². The summed E-state index contributed by atoms with van der Waals surface area (Å²) < 4.78 is 0. The number of carbonyl (C=O) groups excluding carboxylic acids is 2. The highest BCUT2D eigenvalue weighted by molar-refractivity contribution is 6.34. The molecule has 3 amide bonds. The molecule has 0 saturated carbocycles. The molecule has 1 aromatic rings. The summed E-state index contributed by atoms with van der Waals surface area (Å²) in [7, 11) is 0. The van der Waals surface area contributed by atoms with Crippen molar-refractivity contribution in [3.8, 4) is 0 Å². The zero-order valence-electron chi connectivity index (χ0n) is 15.3. The Morgan fingerprint density at radius 1 is 1.36 bits per heavy atom. The number of hydrogen-bond donors (Lipinski definition) is 3. The molecule has 1 aliphatic heterocycles. The van der Waals surface area contributed by atoms with E-state index in [-0.39, 0.29) is 22.9 Å². The molecule has 1 aromatic carbocycles. The molecule has 1 saturated heterocycles. The van der Waals surface area contributed by atoms with Gasteiger partial charge in [-0.2, -0.15) is 0 Å². The molecule has 7 heteroatoms. The van der Waals surface area contributed by atoms with E-state index in [4.69, 9.17) is 17.3 Å². The van der Waals surface area contributed by atoms with Crippen LogP contribution in [0.2, 0.25) is 5.02 Å². The summed E-state index contributed by atoms with van der Waals surface area (Å²) in [5.41, 5.74) is 6.32. The molecule has 6 nitrogen and oxygen atoms in total. The molecule has 4 N–H and O–H groups in total. The lowest BCUT2D eigenvalue weighted by Gasteiger charge is -2.23. The monoisotopic (exact) mass is 366 g/mol. The van der Waals surface area contributed by atoms with Gasteiger partial charge in [-0.3, -0.25) is 4.79 Å². The van der Waals surface area contributed by atoms with Gasteiger partial charge in [-0.05, 0) is 57.4 Å². The Morgan fingerprint density at radius 2 is 2.04 bits per heavy atom. The van der Waals surface area contributed by atoms with Crippen LogP contribution < -0.4 is 16.4 Å². The van der Waals surface area contributed by atoms with Crippen LogP contribution in [0.1, 0.15) is 44.5 Å². The van der Waals surface area contributed by atoms with Crippen LogP contribution in [-0.2, 0) is 0 Å². The molecular weight excluding hydrogens is 340 g/mol. The average Bonchev–Trinajstić information content (AvgIpc) is 2.90. The first kappa shape index (κ1) is 19.5. The van der Waals surface area contributed by atoms with Crippen LogP contribution in [0.4, 0.5) is 10.5 Å². The van der Waals surface area contributed by atoms with E-state index in [0.717, 1.165) is 6.42 Å². The van der Waals surface area contributed by atoms with Crippen LogP contribution in [-0.4, -0.2) is 42.0 Å². The Hall–Kier alpha value is -1.79. The largest absolute Gasteiger partial charge is 0.338 e. The zero-order valence-corrected chi connectivity index (χ0v) is 16.0. The molecule has 25 heavy (non-hydrogen) atoms. The topological polar surface area (TPSA) is 87.5 Å². The SMILES string of the molecule is CC1(CN)CCN(C(=O)c2cc(NC(=O)NC(C)(C)C)ccc2Cl)C1. The van der Waals surface area contributed by atoms with Crippen LogP contribution in [0.5, 0.6) is 0 Å². The maximum Gasteiger partial charge on any atom is 0.319 e. The molecule has 1 atom stereocenters. The van der Waals surface area contributed by atoms with E-state index in [1.807, 2.05) is 20.8 Å². The van der Waals surface area contributed by atoms with Gasteiger partial charge < -0.3 is 21.3 Å². The number of nitrogens with two attached hydrogens (primary N) is 1. The van der Waals surface area contributed by atoms with E-state index in [2.05, 4.69) is 17.6 Å². The Balaban J connectivity index is 2.14. The standard InChI is InChI=1S/C18H27ClN4O2/c1-17(2,3)22-16(25)21-12-5-6-14(19)13(9-12)15(24)23-8-7-18(4,10-20)11-23/h5-6,9H,7-8,10-11,20H2,1-4H3,(H2,21,22,25). The summed E-state index contributed by atoms with van der Waals surface area (Å²) in [6.07, 6.45) is 0.874. The van der Waals surface area contributed by atoms with Crippen molar-refractivity contribution in [2.45, 2.75) is 39.7 Å². The van der Waals surface area contributed by atoms with Gasteiger partial charge in [-0.15, -0.1) is 0 Å². The van der Waals surface area contributed by atoms with E-state index in [1.165, 1.54) is 0 Å². The van der Waals surface area contributed by atoms with Crippen molar-refractivity contribution in [1.82, 2.24) is 10.2 Å². The van der Waals surface area contributed by atoms with Crippen molar-refractivity contribution >= 4 is 29.2 Å². The lowest BCUT2D eigenvalue weighted by Crippen LogP contribution is -2.43. The summed E-state index contributed by atoms with van der Waals surface area (Å²) in [5, 5.41) is 5.92.